The van der Waals surface area contributed by atoms with Gasteiger partial charge < -0.3 is 9.53 Å². The Morgan fingerprint density at radius 3 is 1.91 bits per heavy atom. The molecule has 0 saturated carbocycles. The van der Waals surface area contributed by atoms with Crippen LogP contribution in [-0.4, -0.2) is 43.2 Å². The molecule has 1 heterocycles. The van der Waals surface area contributed by atoms with E-state index in [-0.39, 0.29) is 36.4 Å². The predicted octanol–water partition coefficient (Wildman–Crippen LogP) is 9.35. The zero-order valence-electron chi connectivity index (χ0n) is 30.5. The molecule has 1 aromatic heterocycles. The number of aromatic nitrogens is 1. The summed E-state index contributed by atoms with van der Waals surface area (Å²) < 4.78 is 56.6. The number of benzene rings is 4. The van der Waals surface area contributed by atoms with Crippen molar-refractivity contribution in [2.24, 2.45) is 0 Å². The normalized spacial score (nSPS) is 12.6. The first kappa shape index (κ1) is 39.4. The van der Waals surface area contributed by atoms with E-state index < -0.39 is 45.1 Å². The lowest BCUT2D eigenvalue weighted by Crippen LogP contribution is -2.68. The minimum Gasteiger partial charge on any atom is -0.481 e. The smallest absolute Gasteiger partial charge is 0.481 e. The van der Waals surface area contributed by atoms with Gasteiger partial charge in [0.15, 0.2) is 12.4 Å². The van der Waals surface area contributed by atoms with E-state index >= 15 is 4.39 Å². The van der Waals surface area contributed by atoms with Gasteiger partial charge in [-0.3, -0.25) is 4.79 Å². The number of hydrogen-bond donors (Lipinski definition) is 1. The van der Waals surface area contributed by atoms with Gasteiger partial charge in [-0.25, -0.2) is 13.8 Å². The van der Waals surface area contributed by atoms with Crippen LogP contribution >= 0.6 is 8.03 Å². The highest BCUT2D eigenvalue weighted by molar-refractivity contribution is 7.39. The standard InChI is InChI=1S/C43H42F2NO5PSi/c1-30(2)41-37(39(31-23-25-33(44)26-24-31)40(45)42(46-41)32-16-9-6-10-17-32)22-15-27-50-52(49)29-34(28-38(47)48)51-53(43(3,4)5,35-18-11-7-12-19-35)36-20-13-8-14-21-36/h6-14,16-21,23-26,30,34H,27-29H2,1-5H3/p+1/t34-/m0/s1. The first-order valence-electron chi connectivity index (χ1n) is 17.4. The maximum atomic E-state index is 16.4. The van der Waals surface area contributed by atoms with Crippen molar-refractivity contribution in [1.29, 1.82) is 0 Å². The van der Waals surface area contributed by atoms with Gasteiger partial charge in [0.05, 0.1) is 17.7 Å². The molecule has 272 valence electrons. The lowest BCUT2D eigenvalue weighted by atomic mass is 9.92. The molecular formula is C43H43F2NO5PSi+. The van der Waals surface area contributed by atoms with Gasteiger partial charge in [0.25, 0.3) is 8.32 Å². The maximum absolute atomic E-state index is 16.4. The fraction of sp³-hybridized carbons (Fsp3) is 0.256. The molecule has 10 heteroatoms. The minimum atomic E-state index is -3.16. The van der Waals surface area contributed by atoms with Gasteiger partial charge in [0.2, 0.25) is 6.16 Å². The molecular weight excluding hydrogens is 708 g/mol. The van der Waals surface area contributed by atoms with Crippen molar-refractivity contribution in [2.75, 3.05) is 12.8 Å². The number of hydrogen-bond acceptors (Lipinski definition) is 5. The molecule has 6 nitrogen and oxygen atoms in total. The van der Waals surface area contributed by atoms with Crippen LogP contribution in [0.25, 0.3) is 22.4 Å². The van der Waals surface area contributed by atoms with Crippen molar-refractivity contribution in [3.63, 3.8) is 0 Å². The second-order valence-electron chi connectivity index (χ2n) is 14.0. The summed E-state index contributed by atoms with van der Waals surface area (Å²) in [4.78, 5) is 16.8. The maximum Gasteiger partial charge on any atom is 0.511 e. The van der Waals surface area contributed by atoms with E-state index in [1.54, 1.807) is 24.3 Å². The molecule has 1 unspecified atom stereocenters. The monoisotopic (exact) mass is 750 g/mol. The Hall–Kier alpha value is -4.84. The largest absolute Gasteiger partial charge is 0.511 e. The molecule has 2 atom stereocenters. The van der Waals surface area contributed by atoms with E-state index in [4.69, 9.17) is 13.9 Å². The van der Waals surface area contributed by atoms with Gasteiger partial charge in [0.1, 0.15) is 17.6 Å². The Morgan fingerprint density at radius 2 is 1.40 bits per heavy atom. The Balaban J connectivity index is 1.46. The second-order valence-corrected chi connectivity index (χ2v) is 19.6. The molecule has 1 N–H and O–H groups in total. The summed E-state index contributed by atoms with van der Waals surface area (Å²) >= 11 is 0. The summed E-state index contributed by atoms with van der Waals surface area (Å²) in [5.74, 6) is 3.61. The van der Waals surface area contributed by atoms with Crippen molar-refractivity contribution in [1.82, 2.24) is 4.98 Å². The number of aliphatic carboxylic acids is 1. The molecule has 0 saturated heterocycles. The van der Waals surface area contributed by atoms with Gasteiger partial charge in [-0.05, 0) is 43.6 Å². The topological polar surface area (TPSA) is 85.7 Å². The minimum absolute atomic E-state index is 0.156. The van der Waals surface area contributed by atoms with Crippen LogP contribution < -0.4 is 10.4 Å². The fourth-order valence-corrected chi connectivity index (χ4v) is 12.2. The Labute approximate surface area is 312 Å². The molecule has 0 aliphatic carbocycles. The molecule has 5 rings (SSSR count). The Kier molecular flexibility index (Phi) is 12.9. The Bertz CT molecular complexity index is 2060. The van der Waals surface area contributed by atoms with Crippen LogP contribution in [0.15, 0.2) is 115 Å². The van der Waals surface area contributed by atoms with Crippen LogP contribution in [0.1, 0.15) is 58.2 Å². The Morgan fingerprint density at radius 1 is 0.849 bits per heavy atom. The van der Waals surface area contributed by atoms with E-state index in [0.29, 0.717) is 22.4 Å². The van der Waals surface area contributed by atoms with Crippen molar-refractivity contribution in [3.8, 4) is 34.2 Å². The highest BCUT2D eigenvalue weighted by Gasteiger charge is 2.52. The molecule has 0 fully saturated rings. The number of carbonyl (C=O) groups is 1. The van der Waals surface area contributed by atoms with Gasteiger partial charge >= 0.3 is 14.0 Å². The third-order valence-electron chi connectivity index (χ3n) is 8.90. The zero-order chi connectivity index (χ0) is 38.2. The van der Waals surface area contributed by atoms with Gasteiger partial charge in [-0.1, -0.05) is 150 Å². The van der Waals surface area contributed by atoms with E-state index in [1.165, 1.54) is 24.3 Å². The SMILES string of the molecule is CC(C)c1nc(-c2ccccc2)c(F)c(-c2ccc(F)cc2)c1C#CCO[P+](=O)C[C@H](CC(=O)O)O[Si](c1ccccc1)(c1ccccc1)C(C)(C)C. The van der Waals surface area contributed by atoms with Crippen LogP contribution in [0.2, 0.25) is 5.04 Å². The number of nitrogens with zero attached hydrogens (tertiary/aromatic N) is 1. The first-order valence-corrected chi connectivity index (χ1v) is 20.7. The van der Waals surface area contributed by atoms with Crippen LogP contribution in [0.5, 0.6) is 0 Å². The van der Waals surface area contributed by atoms with E-state index in [1.807, 2.05) is 80.6 Å². The lowest BCUT2D eigenvalue weighted by molar-refractivity contribution is -0.138. The third kappa shape index (κ3) is 9.21. The van der Waals surface area contributed by atoms with Crippen molar-refractivity contribution < 1.29 is 32.2 Å². The van der Waals surface area contributed by atoms with Crippen molar-refractivity contribution in [2.45, 2.75) is 58.1 Å². The number of carboxylic acid groups (broad SMARTS) is 1. The van der Waals surface area contributed by atoms with Gasteiger partial charge in [-0.15, -0.1) is 4.52 Å². The van der Waals surface area contributed by atoms with Crippen molar-refractivity contribution in [3.05, 3.63) is 138 Å². The van der Waals surface area contributed by atoms with Crippen LogP contribution in [-0.2, 0) is 18.3 Å². The van der Waals surface area contributed by atoms with Crippen LogP contribution in [0.4, 0.5) is 8.78 Å². The number of pyridine rings is 1. The molecule has 0 amide bonds. The van der Waals surface area contributed by atoms with Crippen LogP contribution in [0, 0.1) is 23.5 Å². The summed E-state index contributed by atoms with van der Waals surface area (Å²) in [5, 5.41) is 11.4. The van der Waals surface area contributed by atoms with E-state index in [0.717, 1.165) is 10.4 Å². The first-order chi connectivity index (χ1) is 25.3. The average Bonchev–Trinajstić information content (AvgIpc) is 3.13. The van der Waals surface area contributed by atoms with Gasteiger partial charge in [0, 0.05) is 11.1 Å². The number of halogens is 2. The van der Waals surface area contributed by atoms with E-state index in [9.17, 15) is 18.9 Å². The van der Waals surface area contributed by atoms with Crippen LogP contribution in [0.3, 0.4) is 0 Å². The average molecular weight is 751 g/mol. The summed E-state index contributed by atoms with van der Waals surface area (Å²) in [6.45, 7) is 9.82. The fourth-order valence-electron chi connectivity index (χ4n) is 6.53. The highest BCUT2D eigenvalue weighted by Crippen LogP contribution is 2.40. The quantitative estimate of drug-likeness (QED) is 0.0734. The number of carboxylic acids is 1. The molecule has 0 spiro atoms. The molecule has 5 aromatic rings. The van der Waals surface area contributed by atoms with Gasteiger partial charge in [-0.2, -0.15) is 0 Å². The molecule has 0 radical (unpaired) electrons. The molecule has 4 aromatic carbocycles. The zero-order valence-corrected chi connectivity index (χ0v) is 32.4. The summed E-state index contributed by atoms with van der Waals surface area (Å²) in [7, 11) is -5.59. The third-order valence-corrected chi connectivity index (χ3v) is 15.1. The molecule has 0 bridgehead atoms. The summed E-state index contributed by atoms with van der Waals surface area (Å²) in [5.41, 5.74) is 2.22. The molecule has 0 aliphatic rings. The highest BCUT2D eigenvalue weighted by atomic mass is 31.1. The predicted molar refractivity (Wildman–Crippen MR) is 209 cm³/mol. The number of rotatable bonds is 13. The molecule has 0 aliphatic heterocycles. The summed E-state index contributed by atoms with van der Waals surface area (Å²) in [6, 6.07) is 34.1. The summed E-state index contributed by atoms with van der Waals surface area (Å²) in [6.07, 6.45) is -1.48. The van der Waals surface area contributed by atoms with E-state index in [2.05, 4.69) is 32.6 Å². The molecule has 53 heavy (non-hydrogen) atoms. The second kappa shape index (κ2) is 17.3. The lowest BCUT2D eigenvalue weighted by Gasteiger charge is -2.44. The van der Waals surface area contributed by atoms with Crippen molar-refractivity contribution >= 4 is 32.7 Å².